The summed E-state index contributed by atoms with van der Waals surface area (Å²) in [5, 5.41) is 2.89. The molecule has 0 aromatic heterocycles. The number of nitrogens with one attached hydrogen (secondary N) is 1. The molecule has 1 atom stereocenters. The fourth-order valence-corrected chi connectivity index (χ4v) is 3.18. The van der Waals surface area contributed by atoms with Gasteiger partial charge in [-0.15, -0.1) is 0 Å². The molecule has 7 nitrogen and oxygen atoms in total. The predicted octanol–water partition coefficient (Wildman–Crippen LogP) is 2.53. The van der Waals surface area contributed by atoms with Gasteiger partial charge in [0.2, 0.25) is 5.91 Å². The first-order chi connectivity index (χ1) is 14.0. The number of ether oxygens (including phenoxy) is 2. The third kappa shape index (κ3) is 5.13. The molecule has 0 saturated carbocycles. The maximum Gasteiger partial charge on any atom is 0.307 e. The summed E-state index contributed by atoms with van der Waals surface area (Å²) in [6.45, 7) is 2.14. The molecular formula is C22H24N2O5. The number of hydrogen-bond acceptors (Lipinski definition) is 5. The maximum atomic E-state index is 12.6. The summed E-state index contributed by atoms with van der Waals surface area (Å²) in [6, 6.07) is 14.3. The van der Waals surface area contributed by atoms with Crippen molar-refractivity contribution in [3.8, 4) is 5.75 Å². The van der Waals surface area contributed by atoms with Crippen LogP contribution in [-0.2, 0) is 19.1 Å². The van der Waals surface area contributed by atoms with Gasteiger partial charge in [-0.3, -0.25) is 14.4 Å². The Labute approximate surface area is 169 Å². The Hall–Kier alpha value is -3.35. The first kappa shape index (κ1) is 20.4. The smallest absolute Gasteiger partial charge is 0.307 e. The SMILES string of the molecule is COC(=O)C[C@H](NC(=O)CCN1C(=O)COc2ccccc21)c1ccc(C)cc1. The van der Waals surface area contributed by atoms with Gasteiger partial charge >= 0.3 is 5.97 Å². The van der Waals surface area contributed by atoms with Gasteiger partial charge in [0.25, 0.3) is 5.91 Å². The molecule has 152 valence electrons. The molecule has 0 fully saturated rings. The molecule has 1 aliphatic rings. The van der Waals surface area contributed by atoms with Gasteiger partial charge in [-0.25, -0.2) is 0 Å². The summed E-state index contributed by atoms with van der Waals surface area (Å²) in [6.07, 6.45) is 0.133. The second-order valence-corrected chi connectivity index (χ2v) is 6.86. The van der Waals surface area contributed by atoms with E-state index in [0.29, 0.717) is 11.4 Å². The van der Waals surface area contributed by atoms with Gasteiger partial charge in [-0.2, -0.15) is 0 Å². The van der Waals surface area contributed by atoms with E-state index in [1.807, 2.05) is 43.3 Å². The lowest BCUT2D eigenvalue weighted by molar-refractivity contribution is -0.141. The highest BCUT2D eigenvalue weighted by atomic mass is 16.5. The molecule has 2 amide bonds. The number of amides is 2. The molecule has 0 aliphatic carbocycles. The second-order valence-electron chi connectivity index (χ2n) is 6.86. The van der Waals surface area contributed by atoms with Crippen LogP contribution in [-0.4, -0.2) is 38.0 Å². The maximum absolute atomic E-state index is 12.6. The Morgan fingerprint density at radius 1 is 1.17 bits per heavy atom. The largest absolute Gasteiger partial charge is 0.482 e. The van der Waals surface area contributed by atoms with Crippen LogP contribution in [0.5, 0.6) is 5.75 Å². The lowest BCUT2D eigenvalue weighted by Crippen LogP contribution is -2.41. The molecule has 29 heavy (non-hydrogen) atoms. The molecule has 0 bridgehead atoms. The fraction of sp³-hybridized carbons (Fsp3) is 0.318. The molecule has 1 heterocycles. The van der Waals surface area contributed by atoms with Crippen molar-refractivity contribution < 1.29 is 23.9 Å². The summed E-state index contributed by atoms with van der Waals surface area (Å²) in [7, 11) is 1.32. The molecular weight excluding hydrogens is 372 g/mol. The number of fused-ring (bicyclic) bond motifs is 1. The number of para-hydroxylation sites is 2. The average molecular weight is 396 g/mol. The molecule has 7 heteroatoms. The van der Waals surface area contributed by atoms with E-state index in [9.17, 15) is 14.4 Å². The molecule has 0 spiro atoms. The highest BCUT2D eigenvalue weighted by Gasteiger charge is 2.26. The van der Waals surface area contributed by atoms with Crippen molar-refractivity contribution in [2.45, 2.75) is 25.8 Å². The molecule has 2 aromatic rings. The lowest BCUT2D eigenvalue weighted by atomic mass is 10.0. The Morgan fingerprint density at radius 2 is 1.90 bits per heavy atom. The highest BCUT2D eigenvalue weighted by molar-refractivity contribution is 5.98. The van der Waals surface area contributed by atoms with Crippen LogP contribution in [0.15, 0.2) is 48.5 Å². The number of methoxy groups -OCH3 is 1. The fourth-order valence-electron chi connectivity index (χ4n) is 3.18. The second kappa shape index (κ2) is 9.23. The lowest BCUT2D eigenvalue weighted by Gasteiger charge is -2.29. The van der Waals surface area contributed by atoms with Crippen molar-refractivity contribution in [3.05, 3.63) is 59.7 Å². The van der Waals surface area contributed by atoms with Crippen LogP contribution in [0.25, 0.3) is 0 Å². The third-order valence-electron chi connectivity index (χ3n) is 4.78. The first-order valence-electron chi connectivity index (χ1n) is 9.43. The van der Waals surface area contributed by atoms with Crippen LogP contribution in [0.2, 0.25) is 0 Å². The Kier molecular flexibility index (Phi) is 6.49. The van der Waals surface area contributed by atoms with Crippen molar-refractivity contribution in [3.63, 3.8) is 0 Å². The number of aryl methyl sites for hydroxylation is 1. The normalized spacial score (nSPS) is 13.9. The van der Waals surface area contributed by atoms with E-state index in [0.717, 1.165) is 11.1 Å². The van der Waals surface area contributed by atoms with Crippen LogP contribution < -0.4 is 15.0 Å². The zero-order valence-corrected chi connectivity index (χ0v) is 16.5. The Balaban J connectivity index is 1.66. The van der Waals surface area contributed by atoms with Gasteiger partial charge in [0.05, 0.1) is 25.3 Å². The quantitative estimate of drug-likeness (QED) is 0.727. The summed E-state index contributed by atoms with van der Waals surface area (Å²) >= 11 is 0. The molecule has 0 saturated heterocycles. The molecule has 2 aromatic carbocycles. The van der Waals surface area contributed by atoms with Crippen molar-refractivity contribution in [1.29, 1.82) is 0 Å². The minimum Gasteiger partial charge on any atom is -0.482 e. The minimum atomic E-state index is -0.497. The number of carbonyl (C=O) groups is 3. The zero-order chi connectivity index (χ0) is 20.8. The average Bonchev–Trinajstić information content (AvgIpc) is 2.73. The summed E-state index contributed by atoms with van der Waals surface area (Å²) < 4.78 is 10.2. The van der Waals surface area contributed by atoms with E-state index in [4.69, 9.17) is 9.47 Å². The number of rotatable bonds is 7. The zero-order valence-electron chi connectivity index (χ0n) is 16.5. The summed E-state index contributed by atoms with van der Waals surface area (Å²) in [4.78, 5) is 38.2. The van der Waals surface area contributed by atoms with Gasteiger partial charge in [0, 0.05) is 13.0 Å². The van der Waals surface area contributed by atoms with Gasteiger partial charge < -0.3 is 19.7 Å². The monoisotopic (exact) mass is 396 g/mol. The van der Waals surface area contributed by atoms with E-state index < -0.39 is 12.0 Å². The minimum absolute atomic E-state index is 0.0324. The van der Waals surface area contributed by atoms with Crippen molar-refractivity contribution in [2.24, 2.45) is 0 Å². The van der Waals surface area contributed by atoms with E-state index in [1.165, 1.54) is 7.11 Å². The number of benzene rings is 2. The van der Waals surface area contributed by atoms with Crippen LogP contribution in [0.4, 0.5) is 5.69 Å². The van der Waals surface area contributed by atoms with Crippen LogP contribution in [0.3, 0.4) is 0 Å². The van der Waals surface area contributed by atoms with Gasteiger partial charge in [0.1, 0.15) is 5.75 Å². The van der Waals surface area contributed by atoms with Crippen LogP contribution in [0, 0.1) is 6.92 Å². The molecule has 1 N–H and O–H groups in total. The molecule has 1 aliphatic heterocycles. The highest BCUT2D eigenvalue weighted by Crippen LogP contribution is 2.31. The molecule has 0 radical (unpaired) electrons. The Morgan fingerprint density at radius 3 is 2.62 bits per heavy atom. The van der Waals surface area contributed by atoms with Gasteiger partial charge in [0.15, 0.2) is 6.61 Å². The van der Waals surface area contributed by atoms with Crippen LogP contribution >= 0.6 is 0 Å². The Bertz CT molecular complexity index is 894. The standard InChI is InChI=1S/C22H24N2O5/c1-15-7-9-16(10-8-15)17(13-22(27)28-2)23-20(25)11-12-24-18-5-3-4-6-19(18)29-14-21(24)26/h3-10,17H,11-14H2,1-2H3,(H,23,25)/t17-/m0/s1. The first-order valence-corrected chi connectivity index (χ1v) is 9.43. The van der Waals surface area contributed by atoms with E-state index in [1.54, 1.807) is 17.0 Å². The number of esters is 1. The van der Waals surface area contributed by atoms with Crippen LogP contribution in [0.1, 0.15) is 30.0 Å². The van der Waals surface area contributed by atoms with E-state index in [2.05, 4.69) is 5.32 Å². The number of nitrogens with zero attached hydrogens (tertiary/aromatic N) is 1. The predicted molar refractivity (Wildman–Crippen MR) is 108 cm³/mol. The van der Waals surface area contributed by atoms with E-state index in [-0.39, 0.29) is 37.8 Å². The number of anilines is 1. The summed E-state index contributed by atoms with van der Waals surface area (Å²) in [5.74, 6) is -0.235. The number of hydrogen-bond donors (Lipinski definition) is 1. The topological polar surface area (TPSA) is 84.9 Å². The van der Waals surface area contributed by atoms with Crippen molar-refractivity contribution >= 4 is 23.5 Å². The van der Waals surface area contributed by atoms with Crippen molar-refractivity contribution in [1.82, 2.24) is 5.32 Å². The van der Waals surface area contributed by atoms with Crippen molar-refractivity contribution in [2.75, 3.05) is 25.2 Å². The summed E-state index contributed by atoms with van der Waals surface area (Å²) in [5.41, 5.74) is 2.56. The molecule has 3 rings (SSSR count). The van der Waals surface area contributed by atoms with Gasteiger partial charge in [-0.1, -0.05) is 42.0 Å². The third-order valence-corrected chi connectivity index (χ3v) is 4.78. The van der Waals surface area contributed by atoms with Gasteiger partial charge in [-0.05, 0) is 24.6 Å². The molecule has 0 unspecified atom stereocenters. The van der Waals surface area contributed by atoms with E-state index >= 15 is 0 Å². The number of carbonyl (C=O) groups excluding carboxylic acids is 3.